The third kappa shape index (κ3) is 7.62. The van der Waals surface area contributed by atoms with Crippen LogP contribution in [0.2, 0.25) is 0 Å². The van der Waals surface area contributed by atoms with Gasteiger partial charge >= 0.3 is 0 Å². The SMILES string of the molecule is C=CC(=O)Nc1cc(Nc2cc(N3OCC[C@@H]3c3cccc(OCc4cccc(C)n4)c3)ncn2)c(OC)cc1N1CCN(C)CC1. The average molecular weight is 637 g/mol. The fourth-order valence-electron chi connectivity index (χ4n) is 5.75. The Balaban J connectivity index is 1.22. The van der Waals surface area contributed by atoms with Gasteiger partial charge in [-0.25, -0.2) is 15.0 Å². The molecule has 2 aliphatic rings. The summed E-state index contributed by atoms with van der Waals surface area (Å²) in [5.74, 6) is 2.23. The van der Waals surface area contributed by atoms with E-state index >= 15 is 0 Å². The quantitative estimate of drug-likeness (QED) is 0.210. The smallest absolute Gasteiger partial charge is 0.247 e. The summed E-state index contributed by atoms with van der Waals surface area (Å²) in [4.78, 5) is 36.6. The lowest BCUT2D eigenvalue weighted by atomic mass is 10.0. The van der Waals surface area contributed by atoms with Crippen LogP contribution in [-0.4, -0.2) is 72.7 Å². The molecular formula is C35H40N8O4. The topological polar surface area (TPSA) is 117 Å². The van der Waals surface area contributed by atoms with Crippen molar-refractivity contribution in [3.05, 3.63) is 96.6 Å². The number of nitrogens with zero attached hydrogens (tertiary/aromatic N) is 6. The molecule has 47 heavy (non-hydrogen) atoms. The number of pyridine rings is 1. The number of aromatic nitrogens is 3. The molecule has 2 fully saturated rings. The highest BCUT2D eigenvalue weighted by atomic mass is 16.7. The van der Waals surface area contributed by atoms with Crippen LogP contribution in [0.25, 0.3) is 0 Å². The highest BCUT2D eigenvalue weighted by Gasteiger charge is 2.30. The molecule has 12 nitrogen and oxygen atoms in total. The lowest BCUT2D eigenvalue weighted by Crippen LogP contribution is -2.44. The van der Waals surface area contributed by atoms with E-state index in [9.17, 15) is 4.79 Å². The normalized spacial score (nSPS) is 16.5. The Kier molecular flexibility index (Phi) is 9.79. The molecule has 2 saturated heterocycles. The standard InChI is InChI=1S/C35H40N8O4/c1-5-35(44)40-28-19-29(32(45-4)20-31(28)42-15-13-41(3)14-16-42)39-33-21-34(37-23-36-33)43-30(12-17-47-43)25-9-7-11-27(18-25)46-22-26-10-6-8-24(2)38-26/h5-11,18-21,23,30H,1,12-17,22H2,2-4H3,(H,40,44)(H,36,37,39)/t30-/m1/s1. The highest BCUT2D eigenvalue weighted by Crippen LogP contribution is 2.40. The molecule has 0 saturated carbocycles. The summed E-state index contributed by atoms with van der Waals surface area (Å²) in [5.41, 5.74) is 5.06. The molecule has 2 aromatic heterocycles. The van der Waals surface area contributed by atoms with Crippen molar-refractivity contribution in [1.82, 2.24) is 19.9 Å². The van der Waals surface area contributed by atoms with Crippen LogP contribution in [0.15, 0.2) is 79.6 Å². The van der Waals surface area contributed by atoms with Gasteiger partial charge in [-0.15, -0.1) is 0 Å². The molecule has 0 spiro atoms. The maximum atomic E-state index is 12.4. The van der Waals surface area contributed by atoms with Crippen molar-refractivity contribution in [3.63, 3.8) is 0 Å². The minimum Gasteiger partial charge on any atom is -0.494 e. The van der Waals surface area contributed by atoms with E-state index in [1.807, 2.05) is 66.6 Å². The van der Waals surface area contributed by atoms with Crippen LogP contribution >= 0.6 is 0 Å². The molecular weight excluding hydrogens is 596 g/mol. The maximum Gasteiger partial charge on any atom is 0.247 e. The number of methoxy groups -OCH3 is 1. The predicted octanol–water partition coefficient (Wildman–Crippen LogP) is 5.27. The molecule has 2 aliphatic heterocycles. The lowest BCUT2D eigenvalue weighted by molar-refractivity contribution is -0.111. The fraction of sp³-hybridized carbons (Fsp3) is 0.314. The van der Waals surface area contributed by atoms with E-state index in [0.29, 0.717) is 42.0 Å². The van der Waals surface area contributed by atoms with Gasteiger partial charge in [0, 0.05) is 50.4 Å². The second-order valence-corrected chi connectivity index (χ2v) is 11.5. The van der Waals surface area contributed by atoms with Gasteiger partial charge in [-0.1, -0.05) is 24.8 Å². The Morgan fingerprint density at radius 3 is 2.68 bits per heavy atom. The first-order valence-corrected chi connectivity index (χ1v) is 15.7. The van der Waals surface area contributed by atoms with Crippen molar-refractivity contribution in [2.45, 2.75) is 26.0 Å². The van der Waals surface area contributed by atoms with Crippen molar-refractivity contribution in [2.75, 3.05) is 67.5 Å². The van der Waals surface area contributed by atoms with Crippen molar-refractivity contribution in [3.8, 4) is 11.5 Å². The Morgan fingerprint density at radius 1 is 1.06 bits per heavy atom. The van der Waals surface area contributed by atoms with Gasteiger partial charge < -0.3 is 29.9 Å². The minimum atomic E-state index is -0.292. The first-order chi connectivity index (χ1) is 22.9. The van der Waals surface area contributed by atoms with Crippen LogP contribution < -0.4 is 30.1 Å². The van der Waals surface area contributed by atoms with Crippen LogP contribution in [-0.2, 0) is 16.2 Å². The summed E-state index contributed by atoms with van der Waals surface area (Å²) in [6.07, 6.45) is 3.54. The van der Waals surface area contributed by atoms with Crippen molar-refractivity contribution < 1.29 is 19.1 Å². The predicted molar refractivity (Wildman–Crippen MR) is 182 cm³/mol. The average Bonchev–Trinajstić information content (AvgIpc) is 3.59. The number of carbonyl (C=O) groups is 1. The summed E-state index contributed by atoms with van der Waals surface area (Å²) in [7, 11) is 3.73. The van der Waals surface area contributed by atoms with Gasteiger partial charge in [0.1, 0.15) is 30.3 Å². The van der Waals surface area contributed by atoms with Gasteiger partial charge in [-0.3, -0.25) is 14.6 Å². The third-order valence-electron chi connectivity index (χ3n) is 8.23. The van der Waals surface area contributed by atoms with Gasteiger partial charge in [0.15, 0.2) is 5.82 Å². The number of aryl methyl sites for hydroxylation is 1. The van der Waals surface area contributed by atoms with Crippen LogP contribution in [0.3, 0.4) is 0 Å². The van der Waals surface area contributed by atoms with E-state index in [0.717, 1.165) is 61.0 Å². The lowest BCUT2D eigenvalue weighted by Gasteiger charge is -2.35. The molecule has 0 bridgehead atoms. The van der Waals surface area contributed by atoms with Crippen LogP contribution in [0.5, 0.6) is 11.5 Å². The second kappa shape index (κ2) is 14.5. The van der Waals surface area contributed by atoms with Gasteiger partial charge in [-0.2, -0.15) is 0 Å². The zero-order valence-corrected chi connectivity index (χ0v) is 27.0. The molecule has 6 rings (SSSR count). The van der Waals surface area contributed by atoms with Crippen molar-refractivity contribution >= 4 is 34.6 Å². The third-order valence-corrected chi connectivity index (χ3v) is 8.23. The van der Waals surface area contributed by atoms with E-state index in [1.54, 1.807) is 7.11 Å². The number of hydrogen-bond acceptors (Lipinski definition) is 11. The molecule has 12 heteroatoms. The molecule has 0 radical (unpaired) electrons. The zero-order chi connectivity index (χ0) is 32.8. The summed E-state index contributed by atoms with van der Waals surface area (Å²) < 4.78 is 11.9. The Bertz CT molecular complexity index is 1730. The van der Waals surface area contributed by atoms with E-state index in [4.69, 9.17) is 14.3 Å². The number of likely N-dealkylation sites (N-methyl/N-ethyl adjacent to an activating group) is 1. The largest absolute Gasteiger partial charge is 0.494 e. The molecule has 244 valence electrons. The number of amides is 1. The van der Waals surface area contributed by atoms with Crippen LogP contribution in [0.1, 0.15) is 29.4 Å². The Morgan fingerprint density at radius 2 is 1.89 bits per heavy atom. The molecule has 1 atom stereocenters. The number of carbonyl (C=O) groups excluding carboxylic acids is 1. The van der Waals surface area contributed by atoms with Gasteiger partial charge in [0.05, 0.1) is 42.5 Å². The minimum absolute atomic E-state index is 0.0727. The molecule has 2 aromatic carbocycles. The molecule has 0 unspecified atom stereocenters. The van der Waals surface area contributed by atoms with Gasteiger partial charge in [-0.05, 0) is 55.9 Å². The molecule has 4 aromatic rings. The Hall–Kier alpha value is -5.20. The first-order valence-electron chi connectivity index (χ1n) is 15.7. The number of anilines is 5. The number of nitrogens with one attached hydrogen (secondary N) is 2. The number of rotatable bonds is 11. The maximum absolute atomic E-state index is 12.4. The van der Waals surface area contributed by atoms with Crippen LogP contribution in [0, 0.1) is 6.92 Å². The number of hydroxylamine groups is 1. The summed E-state index contributed by atoms with van der Waals surface area (Å²) in [6, 6.07) is 19.5. The van der Waals surface area contributed by atoms with Crippen molar-refractivity contribution in [2.24, 2.45) is 0 Å². The molecule has 4 heterocycles. The highest BCUT2D eigenvalue weighted by molar-refractivity contribution is 6.02. The van der Waals surface area contributed by atoms with Gasteiger partial charge in [0.2, 0.25) is 5.91 Å². The number of ether oxygens (including phenoxy) is 2. The summed E-state index contributed by atoms with van der Waals surface area (Å²) in [5, 5.41) is 8.15. The van der Waals surface area contributed by atoms with E-state index in [2.05, 4.69) is 55.1 Å². The van der Waals surface area contributed by atoms with Crippen LogP contribution in [0.4, 0.5) is 28.7 Å². The van der Waals surface area contributed by atoms with E-state index in [-0.39, 0.29) is 11.9 Å². The van der Waals surface area contributed by atoms with E-state index < -0.39 is 0 Å². The Labute approximate surface area is 275 Å². The summed E-state index contributed by atoms with van der Waals surface area (Å²) in [6.45, 7) is 10.0. The fourth-order valence-corrected chi connectivity index (χ4v) is 5.75. The molecule has 0 aliphatic carbocycles. The van der Waals surface area contributed by atoms with E-state index in [1.165, 1.54) is 12.4 Å². The molecule has 2 N–H and O–H groups in total. The number of piperazine rings is 1. The number of hydrogen-bond donors (Lipinski definition) is 2. The zero-order valence-electron chi connectivity index (χ0n) is 27.0. The van der Waals surface area contributed by atoms with Gasteiger partial charge in [0.25, 0.3) is 0 Å². The van der Waals surface area contributed by atoms with Crippen molar-refractivity contribution in [1.29, 1.82) is 0 Å². The summed E-state index contributed by atoms with van der Waals surface area (Å²) >= 11 is 0. The monoisotopic (exact) mass is 636 g/mol. The second-order valence-electron chi connectivity index (χ2n) is 11.5. The number of benzene rings is 2. The first kappa shape index (κ1) is 31.8. The molecule has 1 amide bonds.